The van der Waals surface area contributed by atoms with Gasteiger partial charge in [-0.2, -0.15) is 30.2 Å². The number of benzene rings is 2. The molecule has 3 rings (SSSR count). The number of nitrogens with one attached hydrogen (secondary N) is 1. The van der Waals surface area contributed by atoms with Crippen LogP contribution in [0.1, 0.15) is 43.9 Å². The molecule has 2 nitrogen and oxygen atoms in total. The summed E-state index contributed by atoms with van der Waals surface area (Å²) in [6.45, 7) is 18.7. The predicted octanol–water partition coefficient (Wildman–Crippen LogP) is 8.52. The zero-order valence-electron chi connectivity index (χ0n) is 21.2. The normalized spacial score (nSPS) is 10.4. The second-order valence-electron chi connectivity index (χ2n) is 8.93. The van der Waals surface area contributed by atoms with E-state index in [9.17, 15) is 0 Å². The number of rotatable bonds is 3. The molecular formula is C26H43Cl2NOSiZr-4. The zero-order chi connectivity index (χ0) is 22.7. The van der Waals surface area contributed by atoms with Gasteiger partial charge in [-0.05, 0) is 26.1 Å². The number of hydrogen-bond acceptors (Lipinski definition) is 1. The van der Waals surface area contributed by atoms with Crippen LogP contribution in [0.25, 0.3) is 16.9 Å². The van der Waals surface area contributed by atoms with Crippen LogP contribution in [-0.2, 0) is 35.1 Å². The third-order valence-electron chi connectivity index (χ3n) is 3.53. The molecule has 0 heterocycles. The maximum Gasteiger partial charge on any atom is -0.358 e. The average molecular weight is 576 g/mol. The molecule has 184 valence electrons. The standard InChI is InChI=1S/C14H11.C6H15OSi.C4H10N.CH3.CH2.2ClH.Zr/c1-10-6-7-14-12(8-10)9-11-4-2-3-5-13(11)14;1-5-6-7-8(2,3)4;1-4(2,3)5;;;;;/h2-7H,9H2,1H3;1,5-6H2,2-4H3;5H,1-3H3;1H3;1H2;2*1H;/q4*-1;;;;. The van der Waals surface area contributed by atoms with Crippen molar-refractivity contribution in [1.82, 2.24) is 0 Å². The fraction of sp³-hybridized carbons (Fsp3) is 0.423. The van der Waals surface area contributed by atoms with E-state index in [1.54, 1.807) is 0 Å². The minimum atomic E-state index is -1.22. The monoisotopic (exact) mass is 573 g/mol. The van der Waals surface area contributed by atoms with Crippen molar-refractivity contribution in [2.75, 3.05) is 6.61 Å². The first-order valence-corrected chi connectivity index (χ1v) is 15.2. The van der Waals surface area contributed by atoms with E-state index < -0.39 is 8.32 Å². The van der Waals surface area contributed by atoms with E-state index in [0.29, 0.717) is 0 Å². The van der Waals surface area contributed by atoms with E-state index in [-0.39, 0.29) is 37.8 Å². The molecule has 1 N–H and O–H groups in total. The minimum absolute atomic E-state index is 0. The van der Waals surface area contributed by atoms with Crippen LogP contribution < -0.4 is 0 Å². The van der Waals surface area contributed by atoms with Crippen LogP contribution in [0, 0.1) is 27.3 Å². The largest absolute Gasteiger partial charge is 0.358 e. The minimum Gasteiger partial charge on any atom is -0.358 e. The molecule has 0 radical (unpaired) electrons. The Kier molecular flexibility index (Phi) is 23.5. The molecular weight excluding hydrogens is 533 g/mol. The summed E-state index contributed by atoms with van der Waals surface area (Å²) in [6.07, 6.45) is 1.94. The van der Waals surface area contributed by atoms with Crippen molar-refractivity contribution in [1.29, 1.82) is 0 Å². The van der Waals surface area contributed by atoms with Crippen molar-refractivity contribution in [3.05, 3.63) is 79.2 Å². The summed E-state index contributed by atoms with van der Waals surface area (Å²) in [5.74, 6) is 0. The molecule has 0 saturated heterocycles. The van der Waals surface area contributed by atoms with Crippen LogP contribution >= 0.6 is 24.8 Å². The summed E-state index contributed by atoms with van der Waals surface area (Å²) >= 11 is 1.30. The summed E-state index contributed by atoms with van der Waals surface area (Å²) in [5, 5.41) is 0. The fourth-order valence-electron chi connectivity index (χ4n) is 2.55. The molecule has 1 aliphatic carbocycles. The van der Waals surface area contributed by atoms with Crippen LogP contribution in [0.3, 0.4) is 0 Å². The Morgan fingerprint density at radius 3 is 2.00 bits per heavy atom. The summed E-state index contributed by atoms with van der Waals surface area (Å²) in [6, 6.07) is 16.4. The van der Waals surface area contributed by atoms with Gasteiger partial charge in [0.05, 0.1) is 0 Å². The Hall–Kier alpha value is -0.0900. The third kappa shape index (κ3) is 18.3. The Bertz CT molecular complexity index is 737. The van der Waals surface area contributed by atoms with Crippen molar-refractivity contribution >= 4 is 37.3 Å². The van der Waals surface area contributed by atoms with Gasteiger partial charge < -0.3 is 24.5 Å². The molecule has 0 atom stereocenters. The SMILES string of the molecule is CC(C)(C)[NH-].Cc1[c-]c2c(cc1)-c1ccccc1C2.Cl.Cl.[CH2-]CCO[Si](C)(C)C.[CH2]=[Zr].[CH3-]. The van der Waals surface area contributed by atoms with Crippen LogP contribution in [-0.4, -0.2) is 24.7 Å². The van der Waals surface area contributed by atoms with Gasteiger partial charge in [0.2, 0.25) is 0 Å². The second-order valence-corrected chi connectivity index (χ2v) is 13.4. The van der Waals surface area contributed by atoms with E-state index >= 15 is 0 Å². The molecule has 0 bridgehead atoms. The third-order valence-corrected chi connectivity index (χ3v) is 4.60. The number of hydrogen-bond donors (Lipinski definition) is 0. The van der Waals surface area contributed by atoms with E-state index in [2.05, 4.69) is 80.2 Å². The maximum absolute atomic E-state index is 6.94. The van der Waals surface area contributed by atoms with Gasteiger partial charge >= 0.3 is 28.4 Å². The first kappa shape index (κ1) is 39.1. The summed E-state index contributed by atoms with van der Waals surface area (Å²) in [7, 11) is -1.22. The molecule has 0 amide bonds. The van der Waals surface area contributed by atoms with Crippen molar-refractivity contribution < 1.29 is 28.7 Å². The van der Waals surface area contributed by atoms with Crippen molar-refractivity contribution in [2.45, 2.75) is 65.7 Å². The van der Waals surface area contributed by atoms with E-state index in [1.807, 2.05) is 20.8 Å². The first-order chi connectivity index (χ1) is 13.4. The fourth-order valence-corrected chi connectivity index (χ4v) is 3.31. The first-order valence-electron chi connectivity index (χ1n) is 10.0. The molecule has 6 heteroatoms. The number of aryl methyl sites for hydroxylation is 1. The number of fused-ring (bicyclic) bond motifs is 3. The molecule has 0 fully saturated rings. The number of halogens is 2. The van der Waals surface area contributed by atoms with Gasteiger partial charge in [-0.1, -0.05) is 63.1 Å². The zero-order valence-corrected chi connectivity index (χ0v) is 26.3. The van der Waals surface area contributed by atoms with Gasteiger partial charge in [0.15, 0.2) is 8.32 Å². The molecule has 0 aromatic heterocycles. The van der Waals surface area contributed by atoms with Gasteiger partial charge in [-0.25, -0.2) is 0 Å². The second kappa shape index (κ2) is 19.2. The van der Waals surface area contributed by atoms with E-state index in [0.717, 1.165) is 19.4 Å². The van der Waals surface area contributed by atoms with Gasteiger partial charge in [0, 0.05) is 6.61 Å². The molecule has 0 unspecified atom stereocenters. The molecule has 32 heavy (non-hydrogen) atoms. The molecule has 0 aliphatic heterocycles. The predicted molar refractivity (Wildman–Crippen MR) is 150 cm³/mol. The van der Waals surface area contributed by atoms with Gasteiger partial charge in [-0.3, -0.25) is 0 Å². The Morgan fingerprint density at radius 2 is 1.56 bits per heavy atom. The average Bonchev–Trinajstić information content (AvgIpc) is 2.97. The van der Waals surface area contributed by atoms with Crippen LogP contribution in [0.4, 0.5) is 0 Å². The van der Waals surface area contributed by atoms with Gasteiger partial charge in [0.25, 0.3) is 0 Å². The summed E-state index contributed by atoms with van der Waals surface area (Å²) in [5.41, 5.74) is 13.5. The van der Waals surface area contributed by atoms with Gasteiger partial charge in [-0.15, -0.1) is 41.5 Å². The van der Waals surface area contributed by atoms with Crippen LogP contribution in [0.5, 0.6) is 0 Å². The van der Waals surface area contributed by atoms with Crippen molar-refractivity contribution in [3.8, 4) is 11.1 Å². The van der Waals surface area contributed by atoms with Gasteiger partial charge in [0.1, 0.15) is 0 Å². The van der Waals surface area contributed by atoms with E-state index in [1.165, 1.54) is 52.1 Å². The van der Waals surface area contributed by atoms with Crippen molar-refractivity contribution in [3.63, 3.8) is 0 Å². The molecule has 2 aromatic rings. The smallest absolute Gasteiger partial charge is 0.358 e. The molecule has 1 aliphatic rings. The summed E-state index contributed by atoms with van der Waals surface area (Å²) in [4.78, 5) is 0. The Morgan fingerprint density at radius 1 is 1.06 bits per heavy atom. The molecule has 0 saturated carbocycles. The Labute approximate surface area is 227 Å². The molecule has 2 aromatic carbocycles. The summed E-state index contributed by atoms with van der Waals surface area (Å²) < 4.78 is 8.79. The van der Waals surface area contributed by atoms with Crippen LogP contribution in [0.15, 0.2) is 36.4 Å². The Balaban J connectivity index is -0.000000191. The molecule has 0 spiro atoms. The van der Waals surface area contributed by atoms with E-state index in [4.69, 9.17) is 10.2 Å². The van der Waals surface area contributed by atoms with Crippen LogP contribution in [0.2, 0.25) is 19.6 Å². The quantitative estimate of drug-likeness (QED) is 0.228. The van der Waals surface area contributed by atoms with Crippen molar-refractivity contribution in [2.24, 2.45) is 0 Å². The maximum atomic E-state index is 6.94. The topological polar surface area (TPSA) is 33.0 Å².